The molecule has 0 aromatic heterocycles. The smallest absolute Gasteiger partial charge is 0.00733 e. The molecule has 5 aromatic rings. The zero-order valence-corrected chi connectivity index (χ0v) is 23.3. The lowest BCUT2D eigenvalue weighted by Gasteiger charge is -2.26. The van der Waals surface area contributed by atoms with Crippen LogP contribution in [0.3, 0.4) is 0 Å². The van der Waals surface area contributed by atoms with Crippen molar-refractivity contribution in [2.45, 2.75) is 27.7 Å². The molecule has 0 spiro atoms. The van der Waals surface area contributed by atoms with E-state index in [0.717, 1.165) is 0 Å². The second-order valence-corrected chi connectivity index (χ2v) is 12.8. The Bertz CT molecular complexity index is 1470. The maximum absolute atomic E-state index is 2.37. The van der Waals surface area contributed by atoms with E-state index in [2.05, 4.69) is 143 Å². The number of benzene rings is 5. The normalized spacial score (nSPS) is 11.5. The van der Waals surface area contributed by atoms with Crippen molar-refractivity contribution in [1.29, 1.82) is 0 Å². The molecule has 5 aromatic carbocycles. The van der Waals surface area contributed by atoms with Gasteiger partial charge in [0.1, 0.15) is 0 Å². The first-order chi connectivity index (χ1) is 17.5. The molecule has 0 heterocycles. The Kier molecular flexibility index (Phi) is 7.48. The summed E-state index contributed by atoms with van der Waals surface area (Å²) in [5.41, 5.74) is 8.04. The number of rotatable bonds is 6. The van der Waals surface area contributed by atoms with E-state index in [0.29, 0.717) is 8.58 Å². The van der Waals surface area contributed by atoms with Gasteiger partial charge >= 0.3 is 0 Å². The lowest BCUT2D eigenvalue weighted by atomic mass is 10.0. The third-order valence-electron chi connectivity index (χ3n) is 6.72. The largest absolute Gasteiger partial charge is 0.0620 e. The molecule has 5 rings (SSSR count). The van der Waals surface area contributed by atoms with Gasteiger partial charge in [0, 0.05) is 0 Å². The average Bonchev–Trinajstić information content (AvgIpc) is 2.88. The first-order valence-electron chi connectivity index (χ1n) is 12.5. The molecule has 178 valence electrons. The minimum atomic E-state index is -0.676. The third kappa shape index (κ3) is 5.08. The lowest BCUT2D eigenvalue weighted by Crippen LogP contribution is -2.31. The van der Waals surface area contributed by atoms with Crippen molar-refractivity contribution < 1.29 is 0 Å². The highest BCUT2D eigenvalue weighted by Crippen LogP contribution is 2.36. The fraction of sp³-hybridized carbons (Fsp3) is 0.118. The Hall–Kier alpha value is -3.04. The van der Waals surface area contributed by atoms with Crippen LogP contribution < -0.4 is 26.5 Å². The molecule has 0 aliphatic heterocycles. The molecule has 0 fully saturated rings. The van der Waals surface area contributed by atoms with Crippen molar-refractivity contribution in [3.63, 3.8) is 0 Å². The summed E-state index contributed by atoms with van der Waals surface area (Å²) in [7, 11) is -0.0885. The molecule has 1 atom stereocenters. The topological polar surface area (TPSA) is 0 Å². The van der Waals surface area contributed by atoms with Gasteiger partial charge in [-0.2, -0.15) is 0 Å². The van der Waals surface area contributed by atoms with Crippen LogP contribution in [0.25, 0.3) is 11.1 Å². The van der Waals surface area contributed by atoms with Gasteiger partial charge < -0.3 is 0 Å². The lowest BCUT2D eigenvalue weighted by molar-refractivity contribution is 1.46. The summed E-state index contributed by atoms with van der Waals surface area (Å²) in [6.45, 7) is 8.94. The van der Waals surface area contributed by atoms with Crippen LogP contribution in [-0.4, -0.2) is 0 Å². The molecule has 36 heavy (non-hydrogen) atoms. The minimum Gasteiger partial charge on any atom is -0.0620 e. The molecule has 0 saturated heterocycles. The van der Waals surface area contributed by atoms with Gasteiger partial charge in [0.05, 0.1) is 0 Å². The molecule has 2 heteroatoms. The first kappa shape index (κ1) is 24.6. The Labute approximate surface area is 219 Å². The minimum absolute atomic E-state index is 0.588. The molecular weight excluding hydrogens is 470 g/mol. The van der Waals surface area contributed by atoms with Crippen molar-refractivity contribution in [3.05, 3.63) is 138 Å². The molecule has 0 N–H and O–H groups in total. The van der Waals surface area contributed by atoms with Crippen LogP contribution in [-0.2, 0) is 0 Å². The van der Waals surface area contributed by atoms with E-state index in [1.807, 2.05) is 0 Å². The molecule has 0 nitrogen and oxygen atoms in total. The fourth-order valence-electron chi connectivity index (χ4n) is 4.81. The summed E-state index contributed by atoms with van der Waals surface area (Å²) in [4.78, 5) is 0. The molecule has 1 unspecified atom stereocenters. The van der Waals surface area contributed by atoms with E-state index >= 15 is 0 Å². The summed E-state index contributed by atoms with van der Waals surface area (Å²) in [6.07, 6.45) is 0. The van der Waals surface area contributed by atoms with E-state index in [4.69, 9.17) is 0 Å². The number of aryl methyl sites for hydroxylation is 4. The second-order valence-electron chi connectivity index (χ2n) is 9.42. The van der Waals surface area contributed by atoms with Crippen LogP contribution in [0.5, 0.6) is 0 Å². The van der Waals surface area contributed by atoms with Crippen LogP contribution in [0.2, 0.25) is 0 Å². The van der Waals surface area contributed by atoms with Crippen LogP contribution >= 0.6 is 16.5 Å². The van der Waals surface area contributed by atoms with E-state index in [-0.39, 0.29) is 0 Å². The second kappa shape index (κ2) is 10.9. The number of hydrogen-bond acceptors (Lipinski definition) is 0. The Morgan fingerprint density at radius 1 is 0.500 bits per heavy atom. The van der Waals surface area contributed by atoms with Gasteiger partial charge in [-0.25, -0.2) is 0 Å². The summed E-state index contributed by atoms with van der Waals surface area (Å²) >= 11 is 0. The fourth-order valence-corrected chi connectivity index (χ4v) is 9.27. The van der Waals surface area contributed by atoms with Crippen molar-refractivity contribution in [2.75, 3.05) is 0 Å². The average molecular weight is 503 g/mol. The Morgan fingerprint density at radius 2 is 1.06 bits per heavy atom. The van der Waals surface area contributed by atoms with E-state index in [9.17, 15) is 0 Å². The third-order valence-corrected chi connectivity index (χ3v) is 11.4. The van der Waals surface area contributed by atoms with E-state index < -0.39 is 7.92 Å². The molecule has 0 bridgehead atoms. The summed E-state index contributed by atoms with van der Waals surface area (Å²) in [5.74, 6) is 0. The predicted octanol–water partition coefficient (Wildman–Crippen LogP) is 6.97. The van der Waals surface area contributed by atoms with Crippen LogP contribution in [0.1, 0.15) is 22.3 Å². The molecule has 0 aliphatic rings. The summed E-state index contributed by atoms with van der Waals surface area (Å²) in [6, 6.07) is 42.7. The standard InChI is InChI=1S/C34H32P2/c1-24-13-11-17-28(23-24)29-18-12-16-27(4)34(29)35-30-19-7-10-22-33(30)36(31-20-8-5-14-25(31)2)32-21-9-6-15-26(32)3/h5-23,35H,1-4H3. The highest BCUT2D eigenvalue weighted by atomic mass is 31.1. The maximum Gasteiger partial charge on any atom is -0.00733 e. The SMILES string of the molecule is Cc1cccc(-c2cccc(C)c2Pc2ccccc2P(c2ccccc2C)c2ccccc2C)c1. The van der Waals surface area contributed by atoms with Crippen molar-refractivity contribution >= 4 is 43.0 Å². The Balaban J connectivity index is 1.68. The highest BCUT2D eigenvalue weighted by molar-refractivity contribution is 7.81. The van der Waals surface area contributed by atoms with Crippen molar-refractivity contribution in [1.82, 2.24) is 0 Å². The van der Waals surface area contributed by atoms with Gasteiger partial charge in [-0.15, -0.1) is 0 Å². The van der Waals surface area contributed by atoms with Gasteiger partial charge in [0.2, 0.25) is 0 Å². The van der Waals surface area contributed by atoms with Gasteiger partial charge in [-0.1, -0.05) is 129 Å². The zero-order chi connectivity index (χ0) is 25.1. The zero-order valence-electron chi connectivity index (χ0n) is 21.4. The molecule has 0 aliphatic carbocycles. The molecule has 0 saturated carbocycles. The highest BCUT2D eigenvalue weighted by Gasteiger charge is 2.23. The number of hydrogen-bond donors (Lipinski definition) is 0. The van der Waals surface area contributed by atoms with Gasteiger partial charge in [-0.3, -0.25) is 0 Å². The predicted molar refractivity (Wildman–Crippen MR) is 164 cm³/mol. The molecule has 0 radical (unpaired) electrons. The van der Waals surface area contributed by atoms with Crippen LogP contribution in [0, 0.1) is 27.7 Å². The van der Waals surface area contributed by atoms with Crippen molar-refractivity contribution in [3.8, 4) is 11.1 Å². The monoisotopic (exact) mass is 502 g/mol. The first-order valence-corrected chi connectivity index (χ1v) is 14.8. The quantitative estimate of drug-likeness (QED) is 0.220. The molecule has 0 amide bonds. The van der Waals surface area contributed by atoms with Crippen LogP contribution in [0.15, 0.2) is 115 Å². The van der Waals surface area contributed by atoms with Gasteiger partial charge in [-0.05, 0) is 90.0 Å². The van der Waals surface area contributed by atoms with Gasteiger partial charge in [0.25, 0.3) is 0 Å². The maximum atomic E-state index is 2.37. The summed E-state index contributed by atoms with van der Waals surface area (Å²) in [5, 5.41) is 7.25. The molecular formula is C34H32P2. The Morgan fingerprint density at radius 3 is 1.69 bits per heavy atom. The van der Waals surface area contributed by atoms with Crippen molar-refractivity contribution in [2.24, 2.45) is 0 Å². The van der Waals surface area contributed by atoms with E-state index in [1.54, 1.807) is 0 Å². The van der Waals surface area contributed by atoms with E-state index in [1.165, 1.54) is 59.9 Å². The van der Waals surface area contributed by atoms with Crippen LogP contribution in [0.4, 0.5) is 0 Å². The summed E-state index contributed by atoms with van der Waals surface area (Å²) < 4.78 is 0. The van der Waals surface area contributed by atoms with Gasteiger partial charge in [0.15, 0.2) is 0 Å².